The highest BCUT2D eigenvalue weighted by atomic mass is 127. The van der Waals surface area contributed by atoms with Gasteiger partial charge in [0.15, 0.2) is 0 Å². The first-order chi connectivity index (χ1) is 6.31. The SMILES string of the molecule is [CH2]CCc1c[nH]c2ccc(I)cc12. The van der Waals surface area contributed by atoms with Crippen molar-refractivity contribution in [2.45, 2.75) is 12.8 Å². The lowest BCUT2D eigenvalue weighted by Gasteiger charge is -1.96. The maximum atomic E-state index is 3.87. The average Bonchev–Trinajstić information content (AvgIpc) is 2.49. The molecule has 0 bridgehead atoms. The van der Waals surface area contributed by atoms with Crippen molar-refractivity contribution in [1.29, 1.82) is 0 Å². The van der Waals surface area contributed by atoms with Crippen molar-refractivity contribution < 1.29 is 0 Å². The van der Waals surface area contributed by atoms with Gasteiger partial charge < -0.3 is 4.98 Å². The molecule has 1 aromatic carbocycles. The Morgan fingerprint density at radius 2 is 2.23 bits per heavy atom. The normalized spacial score (nSPS) is 10.9. The van der Waals surface area contributed by atoms with Gasteiger partial charge in [-0.1, -0.05) is 6.92 Å². The van der Waals surface area contributed by atoms with Crippen LogP contribution in [0.4, 0.5) is 0 Å². The first kappa shape index (κ1) is 9.06. The number of halogens is 1. The molecular weight excluding hydrogens is 273 g/mol. The van der Waals surface area contributed by atoms with E-state index in [1.165, 1.54) is 20.0 Å². The molecule has 67 valence electrons. The largest absolute Gasteiger partial charge is 0.361 e. The van der Waals surface area contributed by atoms with Gasteiger partial charge in [0, 0.05) is 20.7 Å². The molecule has 2 heteroatoms. The first-order valence-electron chi connectivity index (χ1n) is 4.36. The van der Waals surface area contributed by atoms with Gasteiger partial charge in [0.2, 0.25) is 0 Å². The molecule has 1 N–H and O–H groups in total. The van der Waals surface area contributed by atoms with Gasteiger partial charge in [-0.05, 0) is 59.2 Å². The molecule has 1 aromatic heterocycles. The number of H-pyrrole nitrogens is 1. The Balaban J connectivity index is 2.58. The van der Waals surface area contributed by atoms with Gasteiger partial charge in [-0.15, -0.1) is 0 Å². The molecule has 0 saturated carbocycles. The van der Waals surface area contributed by atoms with Crippen LogP contribution in [0.25, 0.3) is 10.9 Å². The minimum absolute atomic E-state index is 0.957. The summed E-state index contributed by atoms with van der Waals surface area (Å²) in [6.07, 6.45) is 4.10. The second-order valence-corrected chi connectivity index (χ2v) is 4.35. The number of aryl methyl sites for hydroxylation is 1. The molecule has 0 aliphatic rings. The Morgan fingerprint density at radius 1 is 1.38 bits per heavy atom. The van der Waals surface area contributed by atoms with Crippen molar-refractivity contribution in [3.05, 3.63) is 40.5 Å². The number of hydrogen-bond donors (Lipinski definition) is 1. The molecule has 0 aliphatic carbocycles. The predicted octanol–water partition coefficient (Wildman–Crippen LogP) is 3.54. The zero-order valence-corrected chi connectivity index (χ0v) is 9.47. The van der Waals surface area contributed by atoms with Crippen molar-refractivity contribution in [3.63, 3.8) is 0 Å². The lowest BCUT2D eigenvalue weighted by Crippen LogP contribution is -1.79. The number of nitrogens with one attached hydrogen (secondary N) is 1. The van der Waals surface area contributed by atoms with Gasteiger partial charge in [0.05, 0.1) is 0 Å². The van der Waals surface area contributed by atoms with Crippen LogP contribution in [-0.4, -0.2) is 4.98 Å². The average molecular weight is 284 g/mol. The number of aromatic amines is 1. The lowest BCUT2D eigenvalue weighted by molar-refractivity contribution is 1.01. The zero-order chi connectivity index (χ0) is 9.26. The summed E-state index contributed by atoms with van der Waals surface area (Å²) in [4.78, 5) is 3.27. The van der Waals surface area contributed by atoms with Crippen LogP contribution in [0.1, 0.15) is 12.0 Å². The van der Waals surface area contributed by atoms with Crippen LogP contribution in [-0.2, 0) is 6.42 Å². The molecule has 0 saturated heterocycles. The summed E-state index contributed by atoms with van der Waals surface area (Å²) in [5.41, 5.74) is 2.60. The van der Waals surface area contributed by atoms with Crippen molar-refractivity contribution in [2.24, 2.45) is 0 Å². The first-order valence-corrected chi connectivity index (χ1v) is 5.44. The summed E-state index contributed by atoms with van der Waals surface area (Å²) in [6.45, 7) is 3.87. The highest BCUT2D eigenvalue weighted by Gasteiger charge is 2.02. The molecule has 13 heavy (non-hydrogen) atoms. The van der Waals surface area contributed by atoms with Gasteiger partial charge in [-0.25, -0.2) is 0 Å². The van der Waals surface area contributed by atoms with E-state index in [2.05, 4.69) is 58.9 Å². The zero-order valence-electron chi connectivity index (χ0n) is 7.31. The van der Waals surface area contributed by atoms with E-state index in [-0.39, 0.29) is 0 Å². The number of hydrogen-bond acceptors (Lipinski definition) is 0. The third-order valence-electron chi connectivity index (χ3n) is 2.18. The van der Waals surface area contributed by atoms with Crippen LogP contribution in [0.3, 0.4) is 0 Å². The molecule has 0 amide bonds. The summed E-state index contributed by atoms with van der Waals surface area (Å²) in [5.74, 6) is 0. The smallest absolute Gasteiger partial charge is 0.0457 e. The van der Waals surface area contributed by atoms with Crippen LogP contribution < -0.4 is 0 Å². The molecule has 1 radical (unpaired) electrons. The molecule has 2 rings (SSSR count). The maximum Gasteiger partial charge on any atom is 0.0457 e. The minimum Gasteiger partial charge on any atom is -0.361 e. The van der Waals surface area contributed by atoms with E-state index in [0.717, 1.165) is 12.8 Å². The van der Waals surface area contributed by atoms with Gasteiger partial charge in [-0.3, -0.25) is 0 Å². The standard InChI is InChI=1S/C11H11IN/c1-2-3-8-7-13-11-5-4-9(12)6-10(8)11/h4-7,13H,1-3H2. The minimum atomic E-state index is 0.957. The lowest BCUT2D eigenvalue weighted by atomic mass is 10.1. The van der Waals surface area contributed by atoms with E-state index in [4.69, 9.17) is 0 Å². The molecule has 2 aromatic rings. The van der Waals surface area contributed by atoms with E-state index >= 15 is 0 Å². The fourth-order valence-corrected chi connectivity index (χ4v) is 2.04. The summed E-state index contributed by atoms with van der Waals surface area (Å²) in [6, 6.07) is 6.47. The molecule has 0 unspecified atom stereocenters. The van der Waals surface area contributed by atoms with Gasteiger partial charge in [-0.2, -0.15) is 0 Å². The van der Waals surface area contributed by atoms with Crippen molar-refractivity contribution in [1.82, 2.24) is 4.98 Å². The van der Waals surface area contributed by atoms with Gasteiger partial charge in [0.1, 0.15) is 0 Å². The van der Waals surface area contributed by atoms with Crippen LogP contribution in [0.2, 0.25) is 0 Å². The Kier molecular flexibility index (Phi) is 2.58. The maximum absolute atomic E-state index is 3.87. The fourth-order valence-electron chi connectivity index (χ4n) is 1.55. The Morgan fingerprint density at radius 3 is 3.00 bits per heavy atom. The highest BCUT2D eigenvalue weighted by molar-refractivity contribution is 14.1. The molecule has 1 heterocycles. The van der Waals surface area contributed by atoms with E-state index < -0.39 is 0 Å². The summed E-state index contributed by atoms with van der Waals surface area (Å²) in [5, 5.41) is 1.34. The van der Waals surface area contributed by atoms with Gasteiger partial charge >= 0.3 is 0 Å². The molecule has 0 aliphatic heterocycles. The Hall–Kier alpha value is -0.510. The van der Waals surface area contributed by atoms with Crippen molar-refractivity contribution >= 4 is 33.5 Å². The predicted molar refractivity (Wildman–Crippen MR) is 64.7 cm³/mol. The number of aromatic nitrogens is 1. The highest BCUT2D eigenvalue weighted by Crippen LogP contribution is 2.21. The van der Waals surface area contributed by atoms with Crippen LogP contribution in [0.5, 0.6) is 0 Å². The van der Waals surface area contributed by atoms with Crippen LogP contribution in [0.15, 0.2) is 24.4 Å². The Bertz CT molecular complexity index is 417. The van der Waals surface area contributed by atoms with Crippen molar-refractivity contribution in [3.8, 4) is 0 Å². The van der Waals surface area contributed by atoms with Crippen LogP contribution >= 0.6 is 22.6 Å². The summed E-state index contributed by atoms with van der Waals surface area (Å²) >= 11 is 2.34. The molecule has 0 spiro atoms. The van der Waals surface area contributed by atoms with Gasteiger partial charge in [0.25, 0.3) is 0 Å². The van der Waals surface area contributed by atoms with E-state index in [9.17, 15) is 0 Å². The molecule has 0 atom stereocenters. The topological polar surface area (TPSA) is 15.8 Å². The molecular formula is C11H11IN. The summed E-state index contributed by atoms with van der Waals surface area (Å²) in [7, 11) is 0. The fraction of sp³-hybridized carbons (Fsp3) is 0.182. The third kappa shape index (κ3) is 1.73. The van der Waals surface area contributed by atoms with Crippen LogP contribution in [0, 0.1) is 10.5 Å². The van der Waals surface area contributed by atoms with E-state index in [0.29, 0.717) is 0 Å². The monoisotopic (exact) mass is 284 g/mol. The number of benzene rings is 1. The second kappa shape index (κ2) is 3.70. The third-order valence-corrected chi connectivity index (χ3v) is 2.85. The number of rotatable bonds is 2. The Labute approximate surface area is 91.7 Å². The second-order valence-electron chi connectivity index (χ2n) is 3.11. The number of fused-ring (bicyclic) bond motifs is 1. The molecule has 0 fully saturated rings. The molecule has 1 nitrogen and oxygen atoms in total. The quantitative estimate of drug-likeness (QED) is 0.812. The van der Waals surface area contributed by atoms with Crippen molar-refractivity contribution in [2.75, 3.05) is 0 Å². The van der Waals surface area contributed by atoms with E-state index in [1.807, 2.05) is 0 Å². The van der Waals surface area contributed by atoms with E-state index in [1.54, 1.807) is 0 Å². The summed E-state index contributed by atoms with van der Waals surface area (Å²) < 4.78 is 1.29.